The lowest BCUT2D eigenvalue weighted by Crippen LogP contribution is -2.47. The summed E-state index contributed by atoms with van der Waals surface area (Å²) in [4.78, 5) is 24.0. The highest BCUT2D eigenvalue weighted by atomic mass is 79.9. The molecule has 0 aliphatic rings. The van der Waals surface area contributed by atoms with Crippen molar-refractivity contribution in [3.8, 4) is 5.75 Å². The fourth-order valence-corrected chi connectivity index (χ4v) is 2.37. The number of carbonyl (C=O) groups is 2. The number of hydrazine groups is 1. The zero-order chi connectivity index (χ0) is 17.7. The molecule has 2 aromatic rings. The average molecular weight is 395 g/mol. The van der Waals surface area contributed by atoms with E-state index in [2.05, 4.69) is 26.8 Å². The quantitative estimate of drug-likeness (QED) is 0.782. The summed E-state index contributed by atoms with van der Waals surface area (Å²) >= 11 is 3.16. The van der Waals surface area contributed by atoms with Crippen LogP contribution in [-0.2, 0) is 4.79 Å². The number of nitrogens with one attached hydrogen (secondary N) is 2. The molecule has 0 radical (unpaired) electrons. The van der Waals surface area contributed by atoms with E-state index in [-0.39, 0.29) is 0 Å². The third kappa shape index (κ3) is 4.55. The van der Waals surface area contributed by atoms with Crippen molar-refractivity contribution in [2.24, 2.45) is 0 Å². The van der Waals surface area contributed by atoms with Crippen molar-refractivity contribution in [1.29, 1.82) is 0 Å². The van der Waals surface area contributed by atoms with Gasteiger partial charge in [0.2, 0.25) is 0 Å². The van der Waals surface area contributed by atoms with Crippen molar-refractivity contribution in [3.05, 3.63) is 63.9 Å². The first-order valence-electron chi connectivity index (χ1n) is 7.16. The van der Waals surface area contributed by atoms with Crippen LogP contribution in [0.15, 0.2) is 46.9 Å². The summed E-state index contributed by atoms with van der Waals surface area (Å²) in [5.41, 5.74) is 5.91. The van der Waals surface area contributed by atoms with E-state index in [4.69, 9.17) is 4.74 Å². The number of hydrogen-bond donors (Lipinski definition) is 2. The second kappa shape index (κ2) is 7.92. The van der Waals surface area contributed by atoms with Crippen LogP contribution >= 0.6 is 15.9 Å². The smallest absolute Gasteiger partial charge is 0.279 e. The second-order valence-corrected chi connectivity index (χ2v) is 5.95. The normalized spacial score (nSPS) is 11.5. The highest BCUT2D eigenvalue weighted by Gasteiger charge is 2.17. The molecule has 0 saturated carbocycles. The van der Waals surface area contributed by atoms with Gasteiger partial charge in [-0.15, -0.1) is 0 Å². The van der Waals surface area contributed by atoms with E-state index in [0.717, 1.165) is 5.56 Å². The first-order chi connectivity index (χ1) is 11.4. The van der Waals surface area contributed by atoms with E-state index in [1.807, 2.05) is 6.07 Å². The Kier molecular flexibility index (Phi) is 5.92. The van der Waals surface area contributed by atoms with E-state index in [1.54, 1.807) is 25.1 Å². The van der Waals surface area contributed by atoms with Crippen LogP contribution in [0.4, 0.5) is 4.39 Å². The van der Waals surface area contributed by atoms with E-state index in [0.29, 0.717) is 15.8 Å². The molecule has 0 saturated heterocycles. The molecule has 0 bridgehead atoms. The van der Waals surface area contributed by atoms with Crippen molar-refractivity contribution in [1.82, 2.24) is 10.9 Å². The molecule has 2 N–H and O–H groups in total. The molecule has 0 heterocycles. The minimum atomic E-state index is -0.885. The summed E-state index contributed by atoms with van der Waals surface area (Å²) in [5, 5.41) is 0. The maximum Gasteiger partial charge on any atom is 0.279 e. The van der Waals surface area contributed by atoms with Crippen LogP contribution < -0.4 is 15.6 Å². The molecular weight excluding hydrogens is 379 g/mol. The topological polar surface area (TPSA) is 67.4 Å². The van der Waals surface area contributed by atoms with Gasteiger partial charge in [-0.3, -0.25) is 20.4 Å². The summed E-state index contributed by atoms with van der Waals surface area (Å²) < 4.78 is 18.9. The van der Waals surface area contributed by atoms with Crippen molar-refractivity contribution in [3.63, 3.8) is 0 Å². The van der Waals surface area contributed by atoms with Gasteiger partial charge in [0.05, 0.1) is 4.47 Å². The van der Waals surface area contributed by atoms with Gasteiger partial charge in [-0.25, -0.2) is 4.39 Å². The third-order valence-corrected chi connectivity index (χ3v) is 3.88. The van der Waals surface area contributed by atoms with Gasteiger partial charge in [0.1, 0.15) is 11.6 Å². The summed E-state index contributed by atoms with van der Waals surface area (Å²) in [7, 11) is 0. The first kappa shape index (κ1) is 17.9. The molecule has 5 nitrogen and oxygen atoms in total. The summed E-state index contributed by atoms with van der Waals surface area (Å²) in [6, 6.07) is 10.9. The minimum Gasteiger partial charge on any atom is -0.480 e. The SMILES string of the molecule is Cc1ccccc1C(=O)NNC(=O)C(C)Oc1ccc(F)cc1Br. The van der Waals surface area contributed by atoms with Crippen LogP contribution in [0.2, 0.25) is 0 Å². The number of amides is 2. The van der Waals surface area contributed by atoms with Gasteiger partial charge < -0.3 is 4.74 Å². The van der Waals surface area contributed by atoms with Gasteiger partial charge in [-0.2, -0.15) is 0 Å². The van der Waals surface area contributed by atoms with Gasteiger partial charge in [0.25, 0.3) is 11.8 Å². The fourth-order valence-electron chi connectivity index (χ4n) is 1.93. The molecule has 1 atom stereocenters. The lowest BCUT2D eigenvalue weighted by molar-refractivity contribution is -0.128. The Hall–Kier alpha value is -2.41. The van der Waals surface area contributed by atoms with Gasteiger partial charge in [0.15, 0.2) is 6.10 Å². The average Bonchev–Trinajstić information content (AvgIpc) is 2.55. The maximum absolute atomic E-state index is 13.0. The Labute approximate surface area is 147 Å². The third-order valence-electron chi connectivity index (χ3n) is 3.26. The van der Waals surface area contributed by atoms with Crippen molar-refractivity contribution in [2.45, 2.75) is 20.0 Å². The van der Waals surface area contributed by atoms with E-state index in [9.17, 15) is 14.0 Å². The van der Waals surface area contributed by atoms with Gasteiger partial charge in [0, 0.05) is 5.56 Å². The van der Waals surface area contributed by atoms with E-state index < -0.39 is 23.7 Å². The second-order valence-electron chi connectivity index (χ2n) is 5.09. The number of ether oxygens (including phenoxy) is 1. The Balaban J connectivity index is 1.92. The minimum absolute atomic E-state index is 0.323. The summed E-state index contributed by atoms with van der Waals surface area (Å²) in [6.45, 7) is 3.32. The molecule has 0 aromatic heterocycles. The Morgan fingerprint density at radius 1 is 1.17 bits per heavy atom. The van der Waals surface area contributed by atoms with Crippen molar-refractivity contribution < 1.29 is 18.7 Å². The zero-order valence-electron chi connectivity index (χ0n) is 13.1. The number of halogens is 2. The molecule has 0 aliphatic heterocycles. The zero-order valence-corrected chi connectivity index (χ0v) is 14.7. The lowest BCUT2D eigenvalue weighted by Gasteiger charge is -2.16. The molecule has 1 unspecified atom stereocenters. The lowest BCUT2D eigenvalue weighted by atomic mass is 10.1. The van der Waals surface area contributed by atoms with Crippen LogP contribution in [0.1, 0.15) is 22.8 Å². The molecule has 126 valence electrons. The number of hydrogen-bond acceptors (Lipinski definition) is 3. The monoisotopic (exact) mass is 394 g/mol. The molecule has 2 rings (SSSR count). The first-order valence-corrected chi connectivity index (χ1v) is 7.95. The molecular formula is C17H16BrFN2O3. The molecule has 0 aliphatic carbocycles. The van der Waals surface area contributed by atoms with Crippen LogP contribution in [-0.4, -0.2) is 17.9 Å². The van der Waals surface area contributed by atoms with Gasteiger partial charge >= 0.3 is 0 Å². The number of aryl methyl sites for hydroxylation is 1. The van der Waals surface area contributed by atoms with Gasteiger partial charge in [-0.1, -0.05) is 18.2 Å². The Bertz CT molecular complexity index is 767. The summed E-state index contributed by atoms with van der Waals surface area (Å²) in [5.74, 6) is -1.05. The van der Waals surface area contributed by atoms with Crippen LogP contribution in [0.3, 0.4) is 0 Å². The number of rotatable bonds is 4. The molecule has 0 fully saturated rings. The predicted octanol–water partition coefficient (Wildman–Crippen LogP) is 3.13. The van der Waals surface area contributed by atoms with Gasteiger partial charge in [-0.05, 0) is 59.6 Å². The van der Waals surface area contributed by atoms with Crippen LogP contribution in [0, 0.1) is 12.7 Å². The maximum atomic E-state index is 13.0. The number of benzene rings is 2. The Morgan fingerprint density at radius 2 is 1.88 bits per heavy atom. The molecule has 0 spiro atoms. The molecule has 7 heteroatoms. The Morgan fingerprint density at radius 3 is 2.54 bits per heavy atom. The standard InChI is InChI=1S/C17H16BrFN2O3/c1-10-5-3-4-6-13(10)17(23)21-20-16(22)11(2)24-15-8-7-12(19)9-14(15)18/h3-9,11H,1-2H3,(H,20,22)(H,21,23). The summed E-state index contributed by atoms with van der Waals surface area (Å²) in [6.07, 6.45) is -0.885. The fraction of sp³-hybridized carbons (Fsp3) is 0.176. The number of carbonyl (C=O) groups excluding carboxylic acids is 2. The predicted molar refractivity (Wildman–Crippen MR) is 91.0 cm³/mol. The van der Waals surface area contributed by atoms with Crippen LogP contribution in [0.25, 0.3) is 0 Å². The van der Waals surface area contributed by atoms with E-state index >= 15 is 0 Å². The van der Waals surface area contributed by atoms with Crippen molar-refractivity contribution >= 4 is 27.7 Å². The largest absolute Gasteiger partial charge is 0.480 e. The highest BCUT2D eigenvalue weighted by Crippen LogP contribution is 2.26. The van der Waals surface area contributed by atoms with Crippen molar-refractivity contribution in [2.75, 3.05) is 0 Å². The highest BCUT2D eigenvalue weighted by molar-refractivity contribution is 9.10. The molecule has 2 aromatic carbocycles. The van der Waals surface area contributed by atoms with Crippen LogP contribution in [0.5, 0.6) is 5.75 Å². The molecule has 2 amide bonds. The molecule has 24 heavy (non-hydrogen) atoms. The van der Waals surface area contributed by atoms with E-state index in [1.165, 1.54) is 25.1 Å².